The van der Waals surface area contributed by atoms with Crippen molar-refractivity contribution >= 4 is 0 Å². The average Bonchev–Trinajstić information content (AvgIpc) is 3.41. The third kappa shape index (κ3) is 8.82. The van der Waals surface area contributed by atoms with Gasteiger partial charge in [0.15, 0.2) is 29.1 Å². The molecule has 8 nitrogen and oxygen atoms in total. The Bertz CT molecular complexity index is 3490. The lowest BCUT2D eigenvalue weighted by atomic mass is 9.91. The predicted octanol–water partition coefficient (Wildman–Crippen LogP) is 14.1. The van der Waals surface area contributed by atoms with E-state index in [-0.39, 0.29) is 0 Å². The number of hydrogen-bond acceptors (Lipinski definition) is 8. The molecule has 0 aliphatic rings. The standard InChI is InChI=1S/C60H42N8/c1-39-33-40(2)63-60(62-39)50-36-48(46-23-16-24-47(34-46)59-67-57(43-19-8-4-9-20-43)66-58(68-59)44-21-10-5-11-22-44)35-49(37-50)51-25-12-13-26-52(51)55-38-54(41-17-6-3-7-18-41)64-56(65-55)45-30-28-42(29-31-45)53-27-14-15-32-61-53/h3-38H,1-2H3. The van der Waals surface area contributed by atoms with E-state index in [1.54, 1.807) is 0 Å². The molecule has 0 radical (unpaired) electrons. The van der Waals surface area contributed by atoms with Crippen LogP contribution < -0.4 is 0 Å². The molecule has 68 heavy (non-hydrogen) atoms. The Morgan fingerprint density at radius 3 is 1.32 bits per heavy atom. The molecule has 0 aliphatic carbocycles. The number of aryl methyl sites for hydroxylation is 2. The number of rotatable bonds is 10. The molecule has 0 amide bonds. The van der Waals surface area contributed by atoms with Crippen molar-refractivity contribution in [3.8, 4) is 113 Å². The average molecular weight is 875 g/mol. The molecule has 0 saturated carbocycles. The zero-order valence-electron chi connectivity index (χ0n) is 37.4. The van der Waals surface area contributed by atoms with E-state index in [4.69, 9.17) is 34.9 Å². The molecule has 0 aliphatic heterocycles. The van der Waals surface area contributed by atoms with Gasteiger partial charge in [-0.05, 0) is 84.6 Å². The summed E-state index contributed by atoms with van der Waals surface area (Å²) in [6, 6.07) is 72.1. The van der Waals surface area contributed by atoms with Gasteiger partial charge in [0.05, 0.1) is 17.1 Å². The van der Waals surface area contributed by atoms with Gasteiger partial charge in [0, 0.05) is 62.1 Å². The van der Waals surface area contributed by atoms with Gasteiger partial charge in [-0.15, -0.1) is 0 Å². The van der Waals surface area contributed by atoms with Crippen molar-refractivity contribution in [3.63, 3.8) is 0 Å². The summed E-state index contributed by atoms with van der Waals surface area (Å²) in [5.41, 5.74) is 15.8. The second kappa shape index (κ2) is 18.4. The first kappa shape index (κ1) is 41.6. The first-order valence-corrected chi connectivity index (χ1v) is 22.5. The van der Waals surface area contributed by atoms with Crippen molar-refractivity contribution in [2.24, 2.45) is 0 Å². The Morgan fingerprint density at radius 1 is 0.235 bits per heavy atom. The lowest BCUT2D eigenvalue weighted by Crippen LogP contribution is -2.00. The molecule has 11 rings (SSSR count). The number of benzene rings is 7. The van der Waals surface area contributed by atoms with Crippen LogP contribution in [0.5, 0.6) is 0 Å². The van der Waals surface area contributed by atoms with Crippen LogP contribution in [-0.4, -0.2) is 39.9 Å². The second-order valence-corrected chi connectivity index (χ2v) is 16.6. The molecule has 0 atom stereocenters. The smallest absolute Gasteiger partial charge is 0.164 e. The van der Waals surface area contributed by atoms with Crippen LogP contribution in [0.1, 0.15) is 11.4 Å². The quantitative estimate of drug-likeness (QED) is 0.134. The monoisotopic (exact) mass is 874 g/mol. The summed E-state index contributed by atoms with van der Waals surface area (Å²) in [4.78, 5) is 39.9. The minimum absolute atomic E-state index is 0.582. The van der Waals surface area contributed by atoms with Crippen molar-refractivity contribution in [1.82, 2.24) is 39.9 Å². The topological polar surface area (TPSA) is 103 Å². The van der Waals surface area contributed by atoms with Crippen LogP contribution in [0, 0.1) is 13.8 Å². The Balaban J connectivity index is 1.06. The maximum Gasteiger partial charge on any atom is 0.164 e. The van der Waals surface area contributed by atoms with Crippen molar-refractivity contribution in [3.05, 3.63) is 230 Å². The van der Waals surface area contributed by atoms with Crippen LogP contribution in [0.2, 0.25) is 0 Å². The van der Waals surface area contributed by atoms with Crippen molar-refractivity contribution in [1.29, 1.82) is 0 Å². The first-order chi connectivity index (χ1) is 33.5. The van der Waals surface area contributed by atoms with Crippen LogP contribution in [0.25, 0.3) is 113 Å². The third-order valence-corrected chi connectivity index (χ3v) is 11.7. The molecule has 322 valence electrons. The van der Waals surface area contributed by atoms with E-state index >= 15 is 0 Å². The van der Waals surface area contributed by atoms with Gasteiger partial charge in [-0.3, -0.25) is 4.98 Å². The molecule has 7 aromatic carbocycles. The van der Waals surface area contributed by atoms with Gasteiger partial charge in [0.1, 0.15) is 0 Å². The maximum atomic E-state index is 5.30. The summed E-state index contributed by atoms with van der Waals surface area (Å²) in [6.45, 7) is 4.01. The van der Waals surface area contributed by atoms with Gasteiger partial charge in [0.25, 0.3) is 0 Å². The van der Waals surface area contributed by atoms with E-state index in [9.17, 15) is 0 Å². The van der Waals surface area contributed by atoms with E-state index < -0.39 is 0 Å². The van der Waals surface area contributed by atoms with Crippen LogP contribution in [0.4, 0.5) is 0 Å². The van der Waals surface area contributed by atoms with Gasteiger partial charge in [-0.2, -0.15) is 0 Å². The molecular formula is C60H42N8. The Morgan fingerprint density at radius 2 is 0.676 bits per heavy atom. The molecule has 0 bridgehead atoms. The van der Waals surface area contributed by atoms with Gasteiger partial charge in [-0.1, -0.05) is 164 Å². The van der Waals surface area contributed by atoms with Gasteiger partial charge < -0.3 is 0 Å². The largest absolute Gasteiger partial charge is 0.256 e. The predicted molar refractivity (Wildman–Crippen MR) is 273 cm³/mol. The molecule has 0 saturated heterocycles. The molecule has 0 N–H and O–H groups in total. The molecule has 0 fully saturated rings. The van der Waals surface area contributed by atoms with E-state index in [1.807, 2.05) is 123 Å². The SMILES string of the molecule is Cc1cc(C)nc(-c2cc(-c3cccc(-c4nc(-c5ccccc5)nc(-c5ccccc5)n4)c3)cc(-c3ccccc3-c3cc(-c4ccccc4)nc(-c4ccc(-c5ccccn5)cc4)n3)c2)n1. The van der Waals surface area contributed by atoms with Crippen LogP contribution in [-0.2, 0) is 0 Å². The van der Waals surface area contributed by atoms with Crippen LogP contribution in [0.3, 0.4) is 0 Å². The highest BCUT2D eigenvalue weighted by Gasteiger charge is 2.18. The third-order valence-electron chi connectivity index (χ3n) is 11.7. The lowest BCUT2D eigenvalue weighted by molar-refractivity contribution is 1.06. The van der Waals surface area contributed by atoms with Crippen molar-refractivity contribution in [2.75, 3.05) is 0 Å². The van der Waals surface area contributed by atoms with Gasteiger partial charge in [0.2, 0.25) is 0 Å². The Kier molecular flexibility index (Phi) is 11.2. The Labute approximate surface area is 394 Å². The molecule has 0 unspecified atom stereocenters. The van der Waals surface area contributed by atoms with Gasteiger partial charge >= 0.3 is 0 Å². The first-order valence-electron chi connectivity index (χ1n) is 22.5. The zero-order valence-corrected chi connectivity index (χ0v) is 37.4. The second-order valence-electron chi connectivity index (χ2n) is 16.6. The number of nitrogens with zero attached hydrogens (tertiary/aromatic N) is 8. The normalized spacial score (nSPS) is 11.1. The Hall–Kier alpha value is -9.14. The van der Waals surface area contributed by atoms with E-state index in [0.717, 1.165) is 95.2 Å². The summed E-state index contributed by atoms with van der Waals surface area (Å²) < 4.78 is 0. The fourth-order valence-electron chi connectivity index (χ4n) is 8.46. The molecule has 0 spiro atoms. The minimum Gasteiger partial charge on any atom is -0.256 e. The van der Waals surface area contributed by atoms with E-state index in [0.29, 0.717) is 29.1 Å². The lowest BCUT2D eigenvalue weighted by Gasteiger charge is -2.16. The number of pyridine rings is 1. The highest BCUT2D eigenvalue weighted by atomic mass is 15.0. The molecule has 8 heteroatoms. The minimum atomic E-state index is 0.582. The summed E-state index contributed by atoms with van der Waals surface area (Å²) in [5, 5.41) is 0. The molecule has 4 aromatic heterocycles. The molecule has 11 aromatic rings. The van der Waals surface area contributed by atoms with Crippen molar-refractivity contribution < 1.29 is 0 Å². The van der Waals surface area contributed by atoms with Crippen LogP contribution in [0.15, 0.2) is 219 Å². The zero-order chi connectivity index (χ0) is 45.8. The fourth-order valence-corrected chi connectivity index (χ4v) is 8.46. The number of aromatic nitrogens is 8. The van der Waals surface area contributed by atoms with E-state index in [1.165, 1.54) is 0 Å². The summed E-state index contributed by atoms with van der Waals surface area (Å²) >= 11 is 0. The number of hydrogen-bond donors (Lipinski definition) is 0. The van der Waals surface area contributed by atoms with Crippen molar-refractivity contribution in [2.45, 2.75) is 13.8 Å². The fraction of sp³-hybridized carbons (Fsp3) is 0.0333. The maximum absolute atomic E-state index is 5.30. The summed E-state index contributed by atoms with van der Waals surface area (Å²) in [7, 11) is 0. The highest BCUT2D eigenvalue weighted by Crippen LogP contribution is 2.39. The summed E-state index contributed by atoms with van der Waals surface area (Å²) in [5.74, 6) is 3.08. The molecule has 4 heterocycles. The summed E-state index contributed by atoms with van der Waals surface area (Å²) in [6.07, 6.45) is 1.81. The van der Waals surface area contributed by atoms with E-state index in [2.05, 4.69) is 114 Å². The molecular weight excluding hydrogens is 833 g/mol. The highest BCUT2D eigenvalue weighted by molar-refractivity contribution is 5.89. The van der Waals surface area contributed by atoms with Crippen LogP contribution >= 0.6 is 0 Å². The van der Waals surface area contributed by atoms with Gasteiger partial charge in [-0.25, -0.2) is 34.9 Å².